The minimum Gasteiger partial charge on any atom is -0.491 e. The second kappa shape index (κ2) is 8.49. The monoisotopic (exact) mass is 320 g/mol. The molecule has 0 aromatic heterocycles. The van der Waals surface area contributed by atoms with Gasteiger partial charge in [-0.15, -0.1) is 0 Å². The third kappa shape index (κ3) is 6.59. The van der Waals surface area contributed by atoms with Crippen molar-refractivity contribution in [2.45, 2.75) is 26.2 Å². The maximum atomic E-state index is 10.7. The molecule has 0 radical (unpaired) electrons. The minimum atomic E-state index is -3.48. The molecule has 0 saturated heterocycles. The Bertz CT molecular complexity index is 502. The lowest BCUT2D eigenvalue weighted by Crippen LogP contribution is -2.12. The molecule has 0 fully saturated rings. The summed E-state index contributed by atoms with van der Waals surface area (Å²) in [5.74, 6) is 1.11. The Kier molecular flexibility index (Phi) is 7.34. The predicted molar refractivity (Wildman–Crippen MR) is 81.1 cm³/mol. The molecule has 0 amide bonds. The first-order chi connectivity index (χ1) is 9.44. The normalized spacial score (nSPS) is 13.2. The van der Waals surface area contributed by atoms with Crippen LogP contribution >= 0.6 is 10.7 Å². The summed E-state index contributed by atoms with van der Waals surface area (Å²) in [6.45, 7) is 5.10. The van der Waals surface area contributed by atoms with Crippen LogP contribution in [0.25, 0.3) is 0 Å². The Morgan fingerprint density at radius 1 is 1.20 bits per heavy atom. The van der Waals surface area contributed by atoms with E-state index in [4.69, 9.17) is 20.2 Å². The highest BCUT2D eigenvalue weighted by molar-refractivity contribution is 8.13. The number of halogens is 1. The van der Waals surface area contributed by atoms with E-state index in [9.17, 15) is 8.42 Å². The van der Waals surface area contributed by atoms with Gasteiger partial charge in [-0.3, -0.25) is 0 Å². The fourth-order valence-corrected chi connectivity index (χ4v) is 2.22. The van der Waals surface area contributed by atoms with Crippen LogP contribution in [0.2, 0.25) is 0 Å². The van der Waals surface area contributed by atoms with Crippen molar-refractivity contribution in [3.8, 4) is 5.75 Å². The summed E-state index contributed by atoms with van der Waals surface area (Å²) in [4.78, 5) is 0. The summed E-state index contributed by atoms with van der Waals surface area (Å²) >= 11 is 0. The van der Waals surface area contributed by atoms with Crippen LogP contribution in [0.3, 0.4) is 0 Å². The second-order valence-corrected chi connectivity index (χ2v) is 7.45. The number of benzene rings is 1. The number of rotatable bonds is 9. The maximum Gasteiger partial charge on any atom is 0.234 e. The SMILES string of the molecule is CCC(C)c1ccccc1OCCOCCS(=O)(=O)Cl. The van der Waals surface area contributed by atoms with Gasteiger partial charge in [0.25, 0.3) is 0 Å². The first-order valence-corrected chi connectivity index (χ1v) is 9.13. The Morgan fingerprint density at radius 3 is 2.55 bits per heavy atom. The molecule has 0 aliphatic heterocycles. The quantitative estimate of drug-likeness (QED) is 0.518. The smallest absolute Gasteiger partial charge is 0.234 e. The summed E-state index contributed by atoms with van der Waals surface area (Å²) in [5, 5.41) is 0. The number of hydrogen-bond acceptors (Lipinski definition) is 4. The first-order valence-electron chi connectivity index (χ1n) is 6.66. The van der Waals surface area contributed by atoms with Crippen LogP contribution in [0.5, 0.6) is 5.75 Å². The Hall–Kier alpha value is -0.780. The summed E-state index contributed by atoms with van der Waals surface area (Å²) in [7, 11) is 1.60. The van der Waals surface area contributed by atoms with Crippen molar-refractivity contribution in [3.05, 3.63) is 29.8 Å². The van der Waals surface area contributed by atoms with Gasteiger partial charge in [-0.2, -0.15) is 0 Å². The number of hydrogen-bond donors (Lipinski definition) is 0. The van der Waals surface area contributed by atoms with E-state index in [-0.39, 0.29) is 12.4 Å². The second-order valence-electron chi connectivity index (χ2n) is 4.55. The lowest BCUT2D eigenvalue weighted by molar-refractivity contribution is 0.111. The van der Waals surface area contributed by atoms with Crippen molar-refractivity contribution >= 4 is 19.7 Å². The molecular weight excluding hydrogens is 300 g/mol. The van der Waals surface area contributed by atoms with Crippen LogP contribution in [0.15, 0.2) is 24.3 Å². The fraction of sp³-hybridized carbons (Fsp3) is 0.571. The molecule has 20 heavy (non-hydrogen) atoms. The van der Waals surface area contributed by atoms with Gasteiger partial charge in [0.1, 0.15) is 12.4 Å². The largest absolute Gasteiger partial charge is 0.491 e. The average Bonchev–Trinajstić information content (AvgIpc) is 2.41. The maximum absolute atomic E-state index is 10.7. The van der Waals surface area contributed by atoms with Crippen molar-refractivity contribution in [1.29, 1.82) is 0 Å². The van der Waals surface area contributed by atoms with Crippen molar-refractivity contribution in [3.63, 3.8) is 0 Å². The molecule has 1 unspecified atom stereocenters. The van der Waals surface area contributed by atoms with E-state index < -0.39 is 9.05 Å². The highest BCUT2D eigenvalue weighted by Crippen LogP contribution is 2.28. The molecule has 6 heteroatoms. The van der Waals surface area contributed by atoms with Crippen molar-refractivity contribution in [2.24, 2.45) is 0 Å². The number of ether oxygens (including phenoxy) is 2. The molecule has 4 nitrogen and oxygen atoms in total. The molecule has 1 atom stereocenters. The van der Waals surface area contributed by atoms with Crippen molar-refractivity contribution < 1.29 is 17.9 Å². The van der Waals surface area contributed by atoms with E-state index >= 15 is 0 Å². The third-order valence-corrected chi connectivity index (χ3v) is 4.14. The van der Waals surface area contributed by atoms with Crippen LogP contribution in [0.1, 0.15) is 31.7 Å². The topological polar surface area (TPSA) is 52.6 Å². The molecule has 0 aliphatic carbocycles. The fourth-order valence-electron chi connectivity index (χ4n) is 1.71. The molecule has 0 spiro atoms. The van der Waals surface area contributed by atoms with Crippen molar-refractivity contribution in [2.75, 3.05) is 25.6 Å². The van der Waals surface area contributed by atoms with Gasteiger partial charge in [0.2, 0.25) is 9.05 Å². The van der Waals surface area contributed by atoms with E-state index in [1.807, 2.05) is 18.2 Å². The molecule has 0 aliphatic rings. The summed E-state index contributed by atoms with van der Waals surface area (Å²) < 4.78 is 32.2. The van der Waals surface area contributed by atoms with Crippen LogP contribution in [-0.2, 0) is 13.8 Å². The Morgan fingerprint density at radius 2 is 1.90 bits per heavy atom. The van der Waals surface area contributed by atoms with Crippen LogP contribution in [0.4, 0.5) is 0 Å². The predicted octanol–water partition coefficient (Wildman–Crippen LogP) is 3.16. The molecule has 1 aromatic carbocycles. The molecule has 0 N–H and O–H groups in total. The van der Waals surface area contributed by atoms with Gasteiger partial charge in [0.15, 0.2) is 0 Å². The van der Waals surface area contributed by atoms with Crippen molar-refractivity contribution in [1.82, 2.24) is 0 Å². The molecule has 1 aromatic rings. The van der Waals surface area contributed by atoms with E-state index in [1.165, 1.54) is 5.56 Å². The van der Waals surface area contributed by atoms with Gasteiger partial charge < -0.3 is 9.47 Å². The molecule has 0 heterocycles. The average molecular weight is 321 g/mol. The number of para-hydroxylation sites is 1. The zero-order chi connectivity index (χ0) is 15.0. The van der Waals surface area contributed by atoms with Gasteiger partial charge in [0.05, 0.1) is 19.0 Å². The first kappa shape index (κ1) is 17.3. The summed E-state index contributed by atoms with van der Waals surface area (Å²) in [6, 6.07) is 7.92. The highest BCUT2D eigenvalue weighted by atomic mass is 35.7. The molecule has 1 rings (SSSR count). The third-order valence-electron chi connectivity index (χ3n) is 3.02. The van der Waals surface area contributed by atoms with E-state index in [0.29, 0.717) is 19.1 Å². The van der Waals surface area contributed by atoms with E-state index in [2.05, 4.69) is 19.9 Å². The van der Waals surface area contributed by atoms with Gasteiger partial charge in [-0.05, 0) is 24.0 Å². The molecule has 114 valence electrons. The molecule has 0 saturated carbocycles. The van der Waals surface area contributed by atoms with Gasteiger partial charge in [-0.25, -0.2) is 8.42 Å². The Labute approximate surface area is 125 Å². The van der Waals surface area contributed by atoms with E-state index in [1.54, 1.807) is 0 Å². The summed E-state index contributed by atoms with van der Waals surface area (Å²) in [6.07, 6.45) is 1.05. The van der Waals surface area contributed by atoms with E-state index in [0.717, 1.165) is 12.2 Å². The standard InChI is InChI=1S/C14H21ClO4S/c1-3-12(2)13-6-4-5-7-14(13)19-9-8-18-10-11-20(15,16)17/h4-7,12H,3,8-11H2,1-2H3. The zero-order valence-electron chi connectivity index (χ0n) is 11.8. The highest BCUT2D eigenvalue weighted by Gasteiger charge is 2.09. The Balaban J connectivity index is 2.35. The van der Waals surface area contributed by atoms with Crippen LogP contribution < -0.4 is 4.74 Å². The van der Waals surface area contributed by atoms with Crippen LogP contribution in [-0.4, -0.2) is 34.0 Å². The zero-order valence-corrected chi connectivity index (χ0v) is 13.4. The van der Waals surface area contributed by atoms with Gasteiger partial charge in [-0.1, -0.05) is 32.0 Å². The lowest BCUT2D eigenvalue weighted by Gasteiger charge is -2.15. The lowest BCUT2D eigenvalue weighted by atomic mass is 9.98. The molecule has 0 bridgehead atoms. The van der Waals surface area contributed by atoms with Gasteiger partial charge >= 0.3 is 0 Å². The van der Waals surface area contributed by atoms with Gasteiger partial charge in [0, 0.05) is 10.7 Å². The van der Waals surface area contributed by atoms with Crippen LogP contribution in [0, 0.1) is 0 Å². The molecular formula is C14H21ClO4S. The minimum absolute atomic E-state index is 0.0855. The summed E-state index contributed by atoms with van der Waals surface area (Å²) in [5.41, 5.74) is 1.18.